The molecule has 1 aromatic heterocycles. The van der Waals surface area contributed by atoms with E-state index in [1.165, 1.54) is 0 Å². The molecule has 1 saturated heterocycles. The predicted molar refractivity (Wildman–Crippen MR) is 80.6 cm³/mol. The van der Waals surface area contributed by atoms with Gasteiger partial charge >= 0.3 is 6.09 Å². The smallest absolute Gasteiger partial charge is 0.409 e. The van der Waals surface area contributed by atoms with Gasteiger partial charge in [-0.05, 0) is 38.8 Å². The molecule has 0 unspecified atom stereocenters. The fourth-order valence-corrected chi connectivity index (χ4v) is 2.39. The average molecular weight is 293 g/mol. The summed E-state index contributed by atoms with van der Waals surface area (Å²) in [7, 11) is 0. The topological polar surface area (TPSA) is 63.7 Å². The third-order valence-electron chi connectivity index (χ3n) is 3.43. The highest BCUT2D eigenvalue weighted by atomic mass is 16.6. The summed E-state index contributed by atoms with van der Waals surface area (Å²) in [5.74, 6) is 0.632. The van der Waals surface area contributed by atoms with Crippen molar-refractivity contribution in [2.24, 2.45) is 0 Å². The first-order valence-electron chi connectivity index (χ1n) is 7.50. The highest BCUT2D eigenvalue weighted by Crippen LogP contribution is 2.24. The molecule has 1 aromatic rings. The fourth-order valence-electron chi connectivity index (χ4n) is 2.39. The van der Waals surface area contributed by atoms with Gasteiger partial charge in [-0.15, -0.1) is 0 Å². The van der Waals surface area contributed by atoms with E-state index in [9.17, 15) is 4.79 Å². The number of nitrogens with one attached hydrogen (secondary N) is 1. The molecule has 0 saturated carbocycles. The van der Waals surface area contributed by atoms with Gasteiger partial charge in [0.1, 0.15) is 0 Å². The van der Waals surface area contributed by atoms with Crippen molar-refractivity contribution in [3.05, 3.63) is 18.3 Å². The maximum atomic E-state index is 11.7. The number of pyridine rings is 1. The highest BCUT2D eigenvalue weighted by molar-refractivity contribution is 5.67. The van der Waals surface area contributed by atoms with Crippen LogP contribution < -0.4 is 10.1 Å². The van der Waals surface area contributed by atoms with Gasteiger partial charge in [0.25, 0.3) is 0 Å². The lowest BCUT2D eigenvalue weighted by Crippen LogP contribution is -2.42. The summed E-state index contributed by atoms with van der Waals surface area (Å²) in [6.45, 7) is 6.19. The molecular weight excluding hydrogens is 270 g/mol. The summed E-state index contributed by atoms with van der Waals surface area (Å²) in [6, 6.07) is 4.17. The highest BCUT2D eigenvalue weighted by Gasteiger charge is 2.24. The van der Waals surface area contributed by atoms with Gasteiger partial charge in [0, 0.05) is 25.3 Å². The van der Waals surface area contributed by atoms with Crippen molar-refractivity contribution in [3.8, 4) is 5.88 Å². The lowest BCUT2D eigenvalue weighted by Gasteiger charge is -2.32. The van der Waals surface area contributed by atoms with Gasteiger partial charge in [0.05, 0.1) is 18.9 Å². The molecular formula is C15H23N3O3. The first kappa shape index (κ1) is 15.4. The number of aromatic nitrogens is 1. The molecule has 1 aliphatic heterocycles. The minimum atomic E-state index is -0.215. The van der Waals surface area contributed by atoms with E-state index in [1.54, 1.807) is 11.1 Å². The number of amides is 1. The molecule has 1 N–H and O–H groups in total. The van der Waals surface area contributed by atoms with Crippen LogP contribution in [-0.2, 0) is 4.74 Å². The Bertz CT molecular complexity index is 459. The van der Waals surface area contributed by atoms with Crippen LogP contribution in [0.2, 0.25) is 0 Å². The summed E-state index contributed by atoms with van der Waals surface area (Å²) in [5, 5.41) is 3.46. The molecule has 1 aliphatic rings. The normalized spacial score (nSPS) is 15.6. The first-order chi connectivity index (χ1) is 10.2. The molecule has 21 heavy (non-hydrogen) atoms. The molecule has 0 bridgehead atoms. The van der Waals surface area contributed by atoms with Crippen LogP contribution in [0, 0.1) is 0 Å². The Labute approximate surface area is 125 Å². The van der Waals surface area contributed by atoms with Crippen LogP contribution in [0.1, 0.15) is 26.7 Å². The summed E-state index contributed by atoms with van der Waals surface area (Å²) in [5.41, 5.74) is 0.911. The molecule has 1 fully saturated rings. The molecule has 0 spiro atoms. The van der Waals surface area contributed by atoms with Crippen molar-refractivity contribution >= 4 is 11.8 Å². The number of carbonyl (C=O) groups excluding carboxylic acids is 1. The number of ether oxygens (including phenoxy) is 2. The van der Waals surface area contributed by atoms with Crippen molar-refractivity contribution in [1.29, 1.82) is 0 Å². The zero-order chi connectivity index (χ0) is 15.1. The molecule has 0 aromatic carbocycles. The van der Waals surface area contributed by atoms with E-state index < -0.39 is 0 Å². The number of likely N-dealkylation sites (tertiary alicyclic amines) is 1. The monoisotopic (exact) mass is 293 g/mol. The summed E-state index contributed by atoms with van der Waals surface area (Å²) >= 11 is 0. The van der Waals surface area contributed by atoms with E-state index in [2.05, 4.69) is 10.3 Å². The van der Waals surface area contributed by atoms with Gasteiger partial charge in [0.15, 0.2) is 0 Å². The third kappa shape index (κ3) is 4.24. The second-order valence-electron chi connectivity index (χ2n) is 4.89. The van der Waals surface area contributed by atoms with Gasteiger partial charge < -0.3 is 19.7 Å². The molecule has 116 valence electrons. The number of hydrogen-bond donors (Lipinski definition) is 1. The SMILES string of the molecule is CCOC(=O)N1CCC(Nc2cccnc2OCC)CC1. The van der Waals surface area contributed by atoms with Crippen LogP contribution in [-0.4, -0.2) is 48.3 Å². The average Bonchev–Trinajstić information content (AvgIpc) is 2.50. The van der Waals surface area contributed by atoms with Crippen LogP contribution in [0.15, 0.2) is 18.3 Å². The van der Waals surface area contributed by atoms with Gasteiger partial charge in [-0.25, -0.2) is 9.78 Å². The quantitative estimate of drug-likeness (QED) is 0.903. The largest absolute Gasteiger partial charge is 0.476 e. The second-order valence-corrected chi connectivity index (χ2v) is 4.89. The zero-order valence-corrected chi connectivity index (χ0v) is 12.7. The fraction of sp³-hybridized carbons (Fsp3) is 0.600. The molecule has 2 heterocycles. The summed E-state index contributed by atoms with van der Waals surface area (Å²) < 4.78 is 10.5. The van der Waals surface area contributed by atoms with E-state index in [0.29, 0.717) is 38.2 Å². The predicted octanol–water partition coefficient (Wildman–Crippen LogP) is 2.51. The number of anilines is 1. The summed E-state index contributed by atoms with van der Waals surface area (Å²) in [4.78, 5) is 17.6. The maximum Gasteiger partial charge on any atom is 0.409 e. The minimum absolute atomic E-state index is 0.215. The number of carbonyl (C=O) groups is 1. The Kier molecular flexibility index (Phi) is 5.66. The Morgan fingerprint density at radius 1 is 1.38 bits per heavy atom. The summed E-state index contributed by atoms with van der Waals surface area (Å²) in [6.07, 6.45) is 3.28. The van der Waals surface area contributed by atoms with Crippen LogP contribution in [0.5, 0.6) is 5.88 Å². The molecule has 6 nitrogen and oxygen atoms in total. The van der Waals surface area contributed by atoms with Crippen molar-refractivity contribution in [2.45, 2.75) is 32.7 Å². The molecule has 1 amide bonds. The van der Waals surface area contributed by atoms with Gasteiger partial charge in [-0.1, -0.05) is 0 Å². The van der Waals surface area contributed by atoms with E-state index in [-0.39, 0.29) is 6.09 Å². The second kappa shape index (κ2) is 7.71. The van der Waals surface area contributed by atoms with Gasteiger partial charge in [-0.3, -0.25) is 0 Å². The van der Waals surface area contributed by atoms with E-state index >= 15 is 0 Å². The van der Waals surface area contributed by atoms with Crippen molar-refractivity contribution < 1.29 is 14.3 Å². The lowest BCUT2D eigenvalue weighted by molar-refractivity contribution is 0.0983. The standard InChI is InChI=1S/C15H23N3O3/c1-3-20-14-13(6-5-9-16-14)17-12-7-10-18(11-8-12)15(19)21-4-2/h5-6,9,12,17H,3-4,7-8,10-11H2,1-2H3. The van der Waals surface area contributed by atoms with Gasteiger partial charge in [0.2, 0.25) is 5.88 Å². The minimum Gasteiger partial charge on any atom is -0.476 e. The van der Waals surface area contributed by atoms with Crippen LogP contribution in [0.4, 0.5) is 10.5 Å². The number of hydrogen-bond acceptors (Lipinski definition) is 5. The molecule has 2 rings (SSSR count). The molecule has 0 aliphatic carbocycles. The molecule has 0 atom stereocenters. The zero-order valence-electron chi connectivity index (χ0n) is 12.7. The van der Waals surface area contributed by atoms with Crippen LogP contribution >= 0.6 is 0 Å². The van der Waals surface area contributed by atoms with E-state index in [1.807, 2.05) is 26.0 Å². The number of rotatable bonds is 5. The number of nitrogens with zero attached hydrogens (tertiary/aromatic N) is 2. The Balaban J connectivity index is 1.87. The first-order valence-corrected chi connectivity index (χ1v) is 7.50. The lowest BCUT2D eigenvalue weighted by atomic mass is 10.1. The maximum absolute atomic E-state index is 11.7. The van der Waals surface area contributed by atoms with Gasteiger partial charge in [-0.2, -0.15) is 0 Å². The third-order valence-corrected chi connectivity index (χ3v) is 3.43. The Morgan fingerprint density at radius 3 is 2.81 bits per heavy atom. The van der Waals surface area contributed by atoms with Crippen molar-refractivity contribution in [3.63, 3.8) is 0 Å². The molecule has 6 heteroatoms. The Morgan fingerprint density at radius 2 is 2.14 bits per heavy atom. The molecule has 0 radical (unpaired) electrons. The number of piperidine rings is 1. The van der Waals surface area contributed by atoms with E-state index in [4.69, 9.17) is 9.47 Å². The van der Waals surface area contributed by atoms with E-state index in [0.717, 1.165) is 18.5 Å². The van der Waals surface area contributed by atoms with Crippen molar-refractivity contribution in [1.82, 2.24) is 9.88 Å². The van der Waals surface area contributed by atoms with Crippen LogP contribution in [0.3, 0.4) is 0 Å². The van der Waals surface area contributed by atoms with Crippen LogP contribution in [0.25, 0.3) is 0 Å². The Hall–Kier alpha value is -1.98. The van der Waals surface area contributed by atoms with Crippen molar-refractivity contribution in [2.75, 3.05) is 31.6 Å².